The molecule has 0 saturated carbocycles. The van der Waals surface area contributed by atoms with Gasteiger partial charge in [0.15, 0.2) is 11.6 Å². The molecule has 2 aromatic heterocycles. The SMILES string of the molecule is CSC1(C(=O)Nc2ccc3[nH]nc(-c4ccc(F)cc4)c3c2)CCN(CC(=O)N2CCN(c3ccc(-c4ncc(F)cn4)cc3)CC2)C1. The lowest BCUT2D eigenvalue weighted by atomic mass is 10.1. The number of hydrogen-bond acceptors (Lipinski definition) is 8. The normalized spacial score (nSPS) is 18.4. The van der Waals surface area contributed by atoms with Gasteiger partial charge in [-0.1, -0.05) is 0 Å². The van der Waals surface area contributed by atoms with E-state index in [4.69, 9.17) is 0 Å². The van der Waals surface area contributed by atoms with Crippen molar-refractivity contribution in [2.24, 2.45) is 0 Å². The van der Waals surface area contributed by atoms with E-state index in [1.807, 2.05) is 53.6 Å². The highest BCUT2D eigenvalue weighted by Crippen LogP contribution is 2.36. The number of amides is 2. The van der Waals surface area contributed by atoms with Gasteiger partial charge in [0.05, 0.1) is 30.1 Å². The first-order chi connectivity index (χ1) is 23.3. The van der Waals surface area contributed by atoms with Crippen LogP contribution in [-0.2, 0) is 9.59 Å². The number of piperazine rings is 1. The molecule has 0 radical (unpaired) electrons. The number of carbonyl (C=O) groups excluding carboxylic acids is 2. The number of thioether (sulfide) groups is 1. The number of anilines is 2. The highest BCUT2D eigenvalue weighted by molar-refractivity contribution is 8.00. The number of carbonyl (C=O) groups is 2. The zero-order valence-electron chi connectivity index (χ0n) is 26.3. The molecule has 4 heterocycles. The third-order valence-electron chi connectivity index (χ3n) is 9.16. The van der Waals surface area contributed by atoms with Gasteiger partial charge in [-0.2, -0.15) is 5.10 Å². The van der Waals surface area contributed by atoms with Crippen molar-refractivity contribution in [1.82, 2.24) is 30.0 Å². The molecule has 3 aromatic carbocycles. The molecule has 48 heavy (non-hydrogen) atoms. The van der Waals surface area contributed by atoms with Gasteiger partial charge in [-0.05, 0) is 79.4 Å². The number of benzene rings is 3. The first-order valence-corrected chi connectivity index (χ1v) is 17.0. The van der Waals surface area contributed by atoms with Crippen LogP contribution in [0.5, 0.6) is 0 Å². The molecular weight excluding hydrogens is 635 g/mol. The van der Waals surface area contributed by atoms with E-state index in [2.05, 4.69) is 35.3 Å². The van der Waals surface area contributed by atoms with Crippen molar-refractivity contribution in [2.75, 3.05) is 62.3 Å². The van der Waals surface area contributed by atoms with Gasteiger partial charge in [-0.3, -0.25) is 19.6 Å². The molecule has 2 N–H and O–H groups in total. The summed E-state index contributed by atoms with van der Waals surface area (Å²) in [5.74, 6) is -0.350. The molecule has 7 rings (SSSR count). The van der Waals surface area contributed by atoms with Crippen molar-refractivity contribution in [2.45, 2.75) is 11.2 Å². The summed E-state index contributed by atoms with van der Waals surface area (Å²) in [7, 11) is 0. The van der Waals surface area contributed by atoms with Crippen LogP contribution in [0.1, 0.15) is 6.42 Å². The molecule has 0 bridgehead atoms. The third-order valence-corrected chi connectivity index (χ3v) is 10.5. The lowest BCUT2D eigenvalue weighted by Gasteiger charge is -2.37. The van der Waals surface area contributed by atoms with E-state index >= 15 is 0 Å². The Bertz CT molecular complexity index is 1930. The fourth-order valence-electron chi connectivity index (χ4n) is 6.39. The van der Waals surface area contributed by atoms with Crippen molar-refractivity contribution in [1.29, 1.82) is 0 Å². The van der Waals surface area contributed by atoms with Crippen LogP contribution in [0.15, 0.2) is 79.1 Å². The maximum absolute atomic E-state index is 13.7. The second kappa shape index (κ2) is 13.3. The molecule has 2 amide bonds. The van der Waals surface area contributed by atoms with Crippen molar-refractivity contribution >= 4 is 45.9 Å². The van der Waals surface area contributed by atoms with Crippen molar-refractivity contribution in [3.05, 3.63) is 90.8 Å². The van der Waals surface area contributed by atoms with Crippen LogP contribution in [0.4, 0.5) is 20.2 Å². The van der Waals surface area contributed by atoms with Crippen LogP contribution in [0.25, 0.3) is 33.5 Å². The van der Waals surface area contributed by atoms with E-state index in [1.165, 1.54) is 23.9 Å². The van der Waals surface area contributed by atoms with Gasteiger partial charge in [-0.25, -0.2) is 18.7 Å². The largest absolute Gasteiger partial charge is 0.368 e. The van der Waals surface area contributed by atoms with Crippen molar-refractivity contribution in [3.8, 4) is 22.6 Å². The summed E-state index contributed by atoms with van der Waals surface area (Å²) in [5.41, 5.74) is 4.77. The fourth-order valence-corrected chi connectivity index (χ4v) is 7.23. The predicted octanol–water partition coefficient (Wildman–Crippen LogP) is 5.06. The summed E-state index contributed by atoms with van der Waals surface area (Å²) in [5, 5.41) is 11.4. The van der Waals surface area contributed by atoms with Crippen LogP contribution >= 0.6 is 11.8 Å². The topological polar surface area (TPSA) is 110 Å². The summed E-state index contributed by atoms with van der Waals surface area (Å²) in [4.78, 5) is 41.3. The average Bonchev–Trinajstić information content (AvgIpc) is 3.74. The van der Waals surface area contributed by atoms with Gasteiger partial charge in [-0.15, -0.1) is 11.8 Å². The summed E-state index contributed by atoms with van der Waals surface area (Å²) in [6.45, 7) is 4.03. The minimum atomic E-state index is -0.685. The Hall–Kier alpha value is -4.88. The Morgan fingerprint density at radius 3 is 2.31 bits per heavy atom. The van der Waals surface area contributed by atoms with E-state index in [1.54, 1.807) is 12.1 Å². The van der Waals surface area contributed by atoms with Crippen LogP contribution in [0.2, 0.25) is 0 Å². The molecule has 13 heteroatoms. The molecule has 246 valence electrons. The second-order valence-corrected chi connectivity index (χ2v) is 13.3. The number of H-pyrrole nitrogens is 1. The number of fused-ring (bicyclic) bond motifs is 1. The van der Waals surface area contributed by atoms with Crippen LogP contribution in [0.3, 0.4) is 0 Å². The van der Waals surface area contributed by atoms with Gasteiger partial charge < -0.3 is 15.1 Å². The Morgan fingerprint density at radius 2 is 1.60 bits per heavy atom. The average molecular weight is 669 g/mol. The number of aromatic amines is 1. The quantitative estimate of drug-likeness (QED) is 0.236. The maximum atomic E-state index is 13.7. The van der Waals surface area contributed by atoms with Gasteiger partial charge in [0.25, 0.3) is 0 Å². The molecule has 2 aliphatic heterocycles. The van der Waals surface area contributed by atoms with E-state index in [0.717, 1.165) is 40.1 Å². The van der Waals surface area contributed by atoms with E-state index < -0.39 is 10.6 Å². The molecular formula is C35H34F2N8O2S. The maximum Gasteiger partial charge on any atom is 0.241 e. The minimum Gasteiger partial charge on any atom is -0.368 e. The summed E-state index contributed by atoms with van der Waals surface area (Å²) in [6.07, 6.45) is 4.88. The van der Waals surface area contributed by atoms with Crippen LogP contribution in [-0.4, -0.2) is 98.6 Å². The number of rotatable bonds is 8. The van der Waals surface area contributed by atoms with Crippen LogP contribution < -0.4 is 10.2 Å². The highest BCUT2D eigenvalue weighted by atomic mass is 32.2. The number of likely N-dealkylation sites (tertiary alicyclic amines) is 1. The van der Waals surface area contributed by atoms with Gasteiger partial charge in [0.2, 0.25) is 11.8 Å². The van der Waals surface area contributed by atoms with Crippen LogP contribution in [0, 0.1) is 11.6 Å². The first kappa shape index (κ1) is 31.7. The molecule has 0 aliphatic carbocycles. The summed E-state index contributed by atoms with van der Waals surface area (Å²) < 4.78 is 26.0. The summed E-state index contributed by atoms with van der Waals surface area (Å²) in [6, 6.07) is 19.6. The van der Waals surface area contributed by atoms with Crippen molar-refractivity contribution in [3.63, 3.8) is 0 Å². The monoisotopic (exact) mass is 668 g/mol. The fraction of sp³-hybridized carbons (Fsp3) is 0.286. The van der Waals surface area contributed by atoms with E-state index in [-0.39, 0.29) is 24.2 Å². The first-order valence-electron chi connectivity index (χ1n) is 15.7. The molecule has 0 spiro atoms. The van der Waals surface area contributed by atoms with Gasteiger partial charge in [0, 0.05) is 67.2 Å². The van der Waals surface area contributed by atoms with E-state index in [0.29, 0.717) is 62.9 Å². The lowest BCUT2D eigenvalue weighted by Crippen LogP contribution is -2.51. The molecule has 5 aromatic rings. The standard InChI is InChI=1S/C35H34F2N8O2S/c1-48-35(34(47)40-27-8-11-30-29(18-27)32(42-41-30)23-2-6-25(36)7-3-23)12-13-43(22-35)21-31(46)45-16-14-44(15-17-45)28-9-4-24(5-10-28)33-38-19-26(37)20-39-33/h2-11,18-20H,12-17,21-22H2,1H3,(H,40,47)(H,41,42). The second-order valence-electron chi connectivity index (χ2n) is 12.1. The lowest BCUT2D eigenvalue weighted by molar-refractivity contribution is -0.132. The smallest absolute Gasteiger partial charge is 0.241 e. The minimum absolute atomic E-state index is 0.0644. The van der Waals surface area contributed by atoms with Gasteiger partial charge in [0.1, 0.15) is 10.6 Å². The number of aromatic nitrogens is 4. The van der Waals surface area contributed by atoms with Crippen molar-refractivity contribution < 1.29 is 18.4 Å². The number of nitrogens with one attached hydrogen (secondary N) is 2. The Kier molecular flexibility index (Phi) is 8.80. The molecule has 2 fully saturated rings. The molecule has 10 nitrogen and oxygen atoms in total. The molecule has 2 saturated heterocycles. The molecule has 2 aliphatic rings. The zero-order valence-corrected chi connectivity index (χ0v) is 27.1. The van der Waals surface area contributed by atoms with E-state index in [9.17, 15) is 18.4 Å². The zero-order chi connectivity index (χ0) is 33.3. The third kappa shape index (κ3) is 6.47. The highest BCUT2D eigenvalue weighted by Gasteiger charge is 2.44. The number of halogens is 2. The predicted molar refractivity (Wildman–Crippen MR) is 184 cm³/mol. The Balaban J connectivity index is 0.934. The molecule has 1 unspecified atom stereocenters. The Labute approximate surface area is 280 Å². The van der Waals surface area contributed by atoms with Gasteiger partial charge >= 0.3 is 0 Å². The summed E-state index contributed by atoms with van der Waals surface area (Å²) >= 11 is 1.51. The number of hydrogen-bond donors (Lipinski definition) is 2. The molecule has 1 atom stereocenters. The Morgan fingerprint density at radius 1 is 0.896 bits per heavy atom. The number of nitrogens with zero attached hydrogens (tertiary/aromatic N) is 6.